The number of benzene rings is 2. The fourth-order valence-electron chi connectivity index (χ4n) is 2.31. The number of thioether (sulfide) groups is 1. The van der Waals surface area contributed by atoms with E-state index in [9.17, 15) is 13.2 Å². The number of rotatable bonds is 7. The first-order chi connectivity index (χ1) is 12.9. The van der Waals surface area contributed by atoms with Crippen molar-refractivity contribution in [3.8, 4) is 0 Å². The van der Waals surface area contributed by atoms with Crippen LogP contribution in [0.25, 0.3) is 0 Å². The molecule has 0 aliphatic carbocycles. The number of hydrogen-bond donors (Lipinski definition) is 1. The van der Waals surface area contributed by atoms with Crippen LogP contribution >= 0.6 is 23.1 Å². The van der Waals surface area contributed by atoms with Gasteiger partial charge < -0.3 is 0 Å². The number of anilines is 1. The van der Waals surface area contributed by atoms with E-state index in [2.05, 4.69) is 15.5 Å². The molecule has 0 bridgehead atoms. The number of nitrogens with zero attached hydrogens (tertiary/aromatic N) is 2. The molecule has 9 heteroatoms. The summed E-state index contributed by atoms with van der Waals surface area (Å²) in [6.07, 6.45) is 1.16. The van der Waals surface area contributed by atoms with Gasteiger partial charge in [-0.3, -0.25) is 10.1 Å². The highest BCUT2D eigenvalue weighted by Gasteiger charge is 2.12. The summed E-state index contributed by atoms with van der Waals surface area (Å²) in [4.78, 5) is 12.4. The Morgan fingerprint density at radius 2 is 1.81 bits per heavy atom. The van der Waals surface area contributed by atoms with Crippen molar-refractivity contribution >= 4 is 44.0 Å². The molecule has 3 aromatic rings. The van der Waals surface area contributed by atoms with E-state index in [1.54, 1.807) is 36.0 Å². The quantitative estimate of drug-likeness (QED) is 0.465. The maximum atomic E-state index is 12.4. The van der Waals surface area contributed by atoms with E-state index in [0.29, 0.717) is 16.3 Å². The van der Waals surface area contributed by atoms with Gasteiger partial charge in [0.2, 0.25) is 5.13 Å². The minimum Gasteiger partial charge on any atom is -0.296 e. The maximum absolute atomic E-state index is 12.4. The highest BCUT2D eigenvalue weighted by molar-refractivity contribution is 8.00. The Hall–Kier alpha value is -2.23. The average Bonchev–Trinajstić information content (AvgIpc) is 3.07. The van der Waals surface area contributed by atoms with Crippen LogP contribution in [-0.2, 0) is 21.3 Å². The highest BCUT2D eigenvalue weighted by atomic mass is 32.2. The lowest BCUT2D eigenvalue weighted by Crippen LogP contribution is -2.12. The van der Waals surface area contributed by atoms with Crippen molar-refractivity contribution in [3.63, 3.8) is 0 Å². The first-order valence-electron chi connectivity index (χ1n) is 7.97. The first kappa shape index (κ1) is 19.5. The zero-order valence-corrected chi connectivity index (χ0v) is 16.9. The number of carbonyl (C=O) groups is 1. The molecule has 0 atom stereocenters. The third kappa shape index (κ3) is 6.16. The molecule has 27 heavy (non-hydrogen) atoms. The minimum absolute atomic E-state index is 0.104. The van der Waals surface area contributed by atoms with E-state index in [-0.39, 0.29) is 11.7 Å². The third-order valence-electron chi connectivity index (χ3n) is 3.45. The van der Waals surface area contributed by atoms with Gasteiger partial charge >= 0.3 is 0 Å². The Labute approximate surface area is 166 Å². The van der Waals surface area contributed by atoms with Gasteiger partial charge in [0.25, 0.3) is 5.91 Å². The molecule has 140 valence electrons. The van der Waals surface area contributed by atoms with Gasteiger partial charge in [0, 0.05) is 17.6 Å². The summed E-state index contributed by atoms with van der Waals surface area (Å²) >= 11 is 2.86. The summed E-state index contributed by atoms with van der Waals surface area (Å²) in [5.41, 5.74) is 2.14. The predicted molar refractivity (Wildman–Crippen MR) is 109 cm³/mol. The minimum atomic E-state index is -3.16. The SMILES string of the molecule is CS(=O)(=O)Cc1cccc(C(=O)Nc2nnc(SCc3ccccc3)s2)c1. The van der Waals surface area contributed by atoms with Crippen LogP contribution in [0.5, 0.6) is 0 Å². The van der Waals surface area contributed by atoms with Crippen molar-refractivity contribution < 1.29 is 13.2 Å². The Bertz CT molecular complexity index is 1030. The van der Waals surface area contributed by atoms with Crippen molar-refractivity contribution in [2.24, 2.45) is 0 Å². The molecule has 0 unspecified atom stereocenters. The van der Waals surface area contributed by atoms with Crippen molar-refractivity contribution in [2.75, 3.05) is 11.6 Å². The Morgan fingerprint density at radius 3 is 2.56 bits per heavy atom. The molecule has 0 aliphatic rings. The maximum Gasteiger partial charge on any atom is 0.257 e. The zero-order chi connectivity index (χ0) is 19.3. The summed E-state index contributed by atoms with van der Waals surface area (Å²) in [7, 11) is -3.16. The summed E-state index contributed by atoms with van der Waals surface area (Å²) in [6, 6.07) is 16.6. The molecule has 0 fully saturated rings. The Kier molecular flexibility index (Phi) is 6.25. The molecule has 1 N–H and O–H groups in total. The van der Waals surface area contributed by atoms with Crippen molar-refractivity contribution in [1.82, 2.24) is 10.2 Å². The van der Waals surface area contributed by atoms with Crippen molar-refractivity contribution in [1.29, 1.82) is 0 Å². The average molecular weight is 420 g/mol. The molecular weight excluding hydrogens is 402 g/mol. The standard InChI is InChI=1S/C18H17N3O3S3/c1-27(23,24)12-14-8-5-9-15(10-14)16(22)19-17-20-21-18(26-17)25-11-13-6-3-2-4-7-13/h2-10H,11-12H2,1H3,(H,19,20,22). The number of sulfone groups is 1. The van der Waals surface area contributed by atoms with E-state index < -0.39 is 9.84 Å². The summed E-state index contributed by atoms with van der Waals surface area (Å²) in [5, 5.41) is 11.2. The van der Waals surface area contributed by atoms with Crippen LogP contribution in [0.4, 0.5) is 5.13 Å². The second-order valence-corrected chi connectivity index (χ2v) is 10.2. The van der Waals surface area contributed by atoms with Gasteiger partial charge in [-0.25, -0.2) is 8.42 Å². The van der Waals surface area contributed by atoms with E-state index in [0.717, 1.165) is 16.3 Å². The molecule has 0 aliphatic heterocycles. The van der Waals surface area contributed by atoms with Crippen LogP contribution in [0.1, 0.15) is 21.5 Å². The lowest BCUT2D eigenvalue weighted by atomic mass is 10.1. The van der Waals surface area contributed by atoms with E-state index in [4.69, 9.17) is 0 Å². The van der Waals surface area contributed by atoms with Crippen LogP contribution < -0.4 is 5.32 Å². The molecule has 1 heterocycles. The fraction of sp³-hybridized carbons (Fsp3) is 0.167. The molecule has 0 radical (unpaired) electrons. The lowest BCUT2D eigenvalue weighted by Gasteiger charge is -2.04. The van der Waals surface area contributed by atoms with Gasteiger partial charge in [-0.15, -0.1) is 10.2 Å². The molecule has 0 spiro atoms. The Balaban J connectivity index is 1.61. The number of nitrogens with one attached hydrogen (secondary N) is 1. The predicted octanol–water partition coefficient (Wildman–Crippen LogP) is 3.63. The van der Waals surface area contributed by atoms with Gasteiger partial charge in [-0.1, -0.05) is 65.6 Å². The topological polar surface area (TPSA) is 89.0 Å². The van der Waals surface area contributed by atoms with Crippen LogP contribution in [0.15, 0.2) is 58.9 Å². The van der Waals surface area contributed by atoms with Gasteiger partial charge in [-0.05, 0) is 23.3 Å². The molecule has 1 amide bonds. The second-order valence-electron chi connectivity index (χ2n) is 5.87. The number of carbonyl (C=O) groups excluding carboxylic acids is 1. The second kappa shape index (κ2) is 8.64. The monoisotopic (exact) mass is 419 g/mol. The van der Waals surface area contributed by atoms with E-state index in [1.807, 2.05) is 30.3 Å². The van der Waals surface area contributed by atoms with Gasteiger partial charge in [0.1, 0.15) is 0 Å². The third-order valence-corrected chi connectivity index (χ3v) is 6.35. The number of hydrogen-bond acceptors (Lipinski definition) is 7. The Morgan fingerprint density at radius 1 is 1.07 bits per heavy atom. The first-order valence-corrected chi connectivity index (χ1v) is 11.8. The van der Waals surface area contributed by atoms with Gasteiger partial charge in [0.05, 0.1) is 5.75 Å². The van der Waals surface area contributed by atoms with Crippen molar-refractivity contribution in [3.05, 3.63) is 71.3 Å². The van der Waals surface area contributed by atoms with Crippen LogP contribution in [0.2, 0.25) is 0 Å². The van der Waals surface area contributed by atoms with Crippen LogP contribution in [0, 0.1) is 0 Å². The fourth-order valence-corrected chi connectivity index (χ4v) is 4.80. The van der Waals surface area contributed by atoms with Gasteiger partial charge in [-0.2, -0.15) is 0 Å². The number of aromatic nitrogens is 2. The van der Waals surface area contributed by atoms with Crippen LogP contribution in [-0.4, -0.2) is 30.8 Å². The molecule has 3 rings (SSSR count). The zero-order valence-electron chi connectivity index (χ0n) is 14.5. The molecular formula is C18H17N3O3S3. The summed E-state index contributed by atoms with van der Waals surface area (Å²) < 4.78 is 23.6. The van der Waals surface area contributed by atoms with E-state index in [1.165, 1.54) is 16.9 Å². The summed E-state index contributed by atoms with van der Waals surface area (Å²) in [6.45, 7) is 0. The van der Waals surface area contributed by atoms with Crippen molar-refractivity contribution in [2.45, 2.75) is 15.8 Å². The molecule has 2 aromatic carbocycles. The molecule has 0 saturated carbocycles. The van der Waals surface area contributed by atoms with E-state index >= 15 is 0 Å². The molecule has 6 nitrogen and oxygen atoms in total. The van der Waals surface area contributed by atoms with Crippen LogP contribution in [0.3, 0.4) is 0 Å². The molecule has 0 saturated heterocycles. The number of amides is 1. The summed E-state index contributed by atoms with van der Waals surface area (Å²) in [5.74, 6) is 0.325. The van der Waals surface area contributed by atoms with Gasteiger partial charge in [0.15, 0.2) is 14.2 Å². The smallest absolute Gasteiger partial charge is 0.257 e. The normalized spacial score (nSPS) is 11.3. The highest BCUT2D eigenvalue weighted by Crippen LogP contribution is 2.28. The largest absolute Gasteiger partial charge is 0.296 e. The lowest BCUT2D eigenvalue weighted by molar-refractivity contribution is 0.102. The molecule has 1 aromatic heterocycles.